The molecule has 1 saturated heterocycles. The van der Waals surface area contributed by atoms with Gasteiger partial charge >= 0.3 is 0 Å². The summed E-state index contributed by atoms with van der Waals surface area (Å²) in [6.45, 7) is 9.08. The molecule has 1 fully saturated rings. The normalized spacial score (nSPS) is 18.7. The molecule has 2 rings (SSSR count). The van der Waals surface area contributed by atoms with Crippen LogP contribution >= 0.6 is 0 Å². The van der Waals surface area contributed by atoms with Gasteiger partial charge in [-0.3, -0.25) is 4.90 Å². The third-order valence-electron chi connectivity index (χ3n) is 4.27. The highest BCUT2D eigenvalue weighted by Gasteiger charge is 2.28. The fourth-order valence-electron chi connectivity index (χ4n) is 2.75. The van der Waals surface area contributed by atoms with E-state index in [1.807, 2.05) is 19.1 Å². The van der Waals surface area contributed by atoms with Gasteiger partial charge in [0.1, 0.15) is 0 Å². The molecule has 1 aromatic rings. The third-order valence-corrected chi connectivity index (χ3v) is 6.18. The van der Waals surface area contributed by atoms with E-state index < -0.39 is 10.0 Å². The quantitative estimate of drug-likeness (QED) is 0.828. The highest BCUT2D eigenvalue weighted by Crippen LogP contribution is 2.21. The maximum atomic E-state index is 12.7. The first-order valence-electron chi connectivity index (χ1n) is 8.06. The summed E-state index contributed by atoms with van der Waals surface area (Å²) >= 11 is 0. The summed E-state index contributed by atoms with van der Waals surface area (Å²) in [5, 5.41) is 8.87. The zero-order valence-electron chi connectivity index (χ0n) is 14.1. The second-order valence-electron chi connectivity index (χ2n) is 6.46. The lowest BCUT2D eigenvalue weighted by atomic mass is 10.0. The van der Waals surface area contributed by atoms with Gasteiger partial charge in [0.15, 0.2) is 0 Å². The molecule has 1 aliphatic heterocycles. The van der Waals surface area contributed by atoms with Crippen molar-refractivity contribution in [3.05, 3.63) is 29.8 Å². The summed E-state index contributed by atoms with van der Waals surface area (Å²) in [7, 11) is -3.42. The Kier molecular flexibility index (Phi) is 5.79. The first kappa shape index (κ1) is 17.9. The fourth-order valence-corrected chi connectivity index (χ4v) is 4.18. The number of rotatable bonds is 5. The molecule has 0 N–H and O–H groups in total. The molecule has 6 heteroatoms. The minimum atomic E-state index is -3.42. The van der Waals surface area contributed by atoms with Crippen molar-refractivity contribution < 1.29 is 8.42 Å². The molecule has 0 amide bonds. The molecule has 23 heavy (non-hydrogen) atoms. The van der Waals surface area contributed by atoms with Gasteiger partial charge in [-0.2, -0.15) is 9.57 Å². The van der Waals surface area contributed by atoms with E-state index in [1.165, 1.54) is 0 Å². The molecular formula is C17H25N3O2S. The van der Waals surface area contributed by atoms with Crippen molar-refractivity contribution in [2.24, 2.45) is 5.92 Å². The van der Waals surface area contributed by atoms with Gasteiger partial charge in [-0.1, -0.05) is 26.0 Å². The second kappa shape index (κ2) is 7.43. The number of nitrogens with zero attached hydrogens (tertiary/aromatic N) is 3. The van der Waals surface area contributed by atoms with Gasteiger partial charge in [0, 0.05) is 32.7 Å². The topological polar surface area (TPSA) is 64.4 Å². The Morgan fingerprint density at radius 2 is 1.65 bits per heavy atom. The van der Waals surface area contributed by atoms with Gasteiger partial charge in [-0.05, 0) is 30.5 Å². The largest absolute Gasteiger partial charge is 0.299 e. The molecule has 1 atom stereocenters. The van der Waals surface area contributed by atoms with Crippen LogP contribution in [0.1, 0.15) is 32.3 Å². The van der Waals surface area contributed by atoms with E-state index in [1.54, 1.807) is 16.4 Å². The van der Waals surface area contributed by atoms with E-state index in [0.29, 0.717) is 43.5 Å². The number of benzene rings is 1. The van der Waals surface area contributed by atoms with Crippen molar-refractivity contribution >= 4 is 10.0 Å². The highest BCUT2D eigenvalue weighted by molar-refractivity contribution is 7.89. The molecule has 5 nitrogen and oxygen atoms in total. The van der Waals surface area contributed by atoms with Crippen LogP contribution in [0.5, 0.6) is 0 Å². The van der Waals surface area contributed by atoms with Crippen LogP contribution in [-0.2, 0) is 10.0 Å². The van der Waals surface area contributed by atoms with E-state index in [-0.39, 0.29) is 5.92 Å². The molecule has 0 saturated carbocycles. The summed E-state index contributed by atoms with van der Waals surface area (Å²) < 4.78 is 27.0. The summed E-state index contributed by atoms with van der Waals surface area (Å²) in [4.78, 5) is 2.52. The zero-order chi connectivity index (χ0) is 17.0. The van der Waals surface area contributed by atoms with Crippen LogP contribution in [0, 0.1) is 17.2 Å². The Balaban J connectivity index is 2.03. The minimum Gasteiger partial charge on any atom is -0.299 e. The molecule has 0 aromatic heterocycles. The molecule has 1 aliphatic rings. The highest BCUT2D eigenvalue weighted by atomic mass is 32.2. The summed E-state index contributed by atoms with van der Waals surface area (Å²) in [5.41, 5.74) is 1.14. The van der Waals surface area contributed by atoms with Gasteiger partial charge in [-0.15, -0.1) is 0 Å². The van der Waals surface area contributed by atoms with Crippen LogP contribution in [0.4, 0.5) is 0 Å². The van der Waals surface area contributed by atoms with Gasteiger partial charge in [-0.25, -0.2) is 8.42 Å². The number of hydrogen-bond acceptors (Lipinski definition) is 4. The standard InChI is InChI=1S/C17H25N3O2S/c1-14(2)16-4-6-17(7-5-16)23(21,22)20-10-8-19(9-11-20)13-15(3)12-18/h4-7,14-15H,8-11,13H2,1-3H3/t15-/m0/s1. The lowest BCUT2D eigenvalue weighted by molar-refractivity contribution is 0.178. The Labute approximate surface area is 139 Å². The first-order valence-corrected chi connectivity index (χ1v) is 9.50. The molecule has 0 spiro atoms. The maximum absolute atomic E-state index is 12.7. The molecule has 0 aliphatic carbocycles. The predicted molar refractivity (Wildman–Crippen MR) is 90.5 cm³/mol. The summed E-state index contributed by atoms with van der Waals surface area (Å²) in [5.74, 6) is 0.360. The van der Waals surface area contributed by atoms with Crippen LogP contribution in [0.25, 0.3) is 0 Å². The molecule has 126 valence electrons. The van der Waals surface area contributed by atoms with Crippen molar-refractivity contribution in [1.82, 2.24) is 9.21 Å². The van der Waals surface area contributed by atoms with Crippen molar-refractivity contribution in [1.29, 1.82) is 5.26 Å². The van der Waals surface area contributed by atoms with Crippen LogP contribution in [-0.4, -0.2) is 50.3 Å². The first-order chi connectivity index (χ1) is 10.8. The molecule has 0 radical (unpaired) electrons. The molecule has 0 unspecified atom stereocenters. The molecular weight excluding hydrogens is 310 g/mol. The Bertz CT molecular complexity index is 654. The van der Waals surface area contributed by atoms with Crippen molar-refractivity contribution in [2.45, 2.75) is 31.6 Å². The van der Waals surface area contributed by atoms with E-state index >= 15 is 0 Å². The number of nitriles is 1. The van der Waals surface area contributed by atoms with E-state index in [4.69, 9.17) is 5.26 Å². The Hall–Kier alpha value is -1.42. The van der Waals surface area contributed by atoms with Crippen LogP contribution in [0.3, 0.4) is 0 Å². The van der Waals surface area contributed by atoms with Crippen molar-refractivity contribution in [2.75, 3.05) is 32.7 Å². The Morgan fingerprint density at radius 3 is 2.13 bits per heavy atom. The van der Waals surface area contributed by atoms with E-state index in [0.717, 1.165) is 5.56 Å². The van der Waals surface area contributed by atoms with Gasteiger partial charge in [0.05, 0.1) is 16.9 Å². The second-order valence-corrected chi connectivity index (χ2v) is 8.40. The maximum Gasteiger partial charge on any atom is 0.243 e. The fraction of sp³-hybridized carbons (Fsp3) is 0.588. The number of sulfonamides is 1. The zero-order valence-corrected chi connectivity index (χ0v) is 14.9. The summed E-state index contributed by atoms with van der Waals surface area (Å²) in [6.07, 6.45) is 0. The molecule has 0 bridgehead atoms. The Morgan fingerprint density at radius 1 is 1.09 bits per heavy atom. The third kappa shape index (κ3) is 4.31. The number of piperazine rings is 1. The SMILES string of the molecule is CC(C)c1ccc(S(=O)(=O)N2CCN(C[C@@H](C)C#N)CC2)cc1. The predicted octanol–water partition coefficient (Wildman–Crippen LogP) is 2.28. The minimum absolute atomic E-state index is 0.0262. The smallest absolute Gasteiger partial charge is 0.243 e. The number of hydrogen-bond donors (Lipinski definition) is 0. The van der Waals surface area contributed by atoms with Crippen LogP contribution in [0.15, 0.2) is 29.2 Å². The van der Waals surface area contributed by atoms with Crippen molar-refractivity contribution in [3.63, 3.8) is 0 Å². The monoisotopic (exact) mass is 335 g/mol. The van der Waals surface area contributed by atoms with Gasteiger partial charge < -0.3 is 0 Å². The van der Waals surface area contributed by atoms with Crippen LogP contribution in [0.2, 0.25) is 0 Å². The molecule has 1 aromatic carbocycles. The van der Waals surface area contributed by atoms with E-state index in [9.17, 15) is 8.42 Å². The lowest BCUT2D eigenvalue weighted by Crippen LogP contribution is -2.49. The summed E-state index contributed by atoms with van der Waals surface area (Å²) in [6, 6.07) is 9.41. The van der Waals surface area contributed by atoms with Gasteiger partial charge in [0.25, 0.3) is 0 Å². The lowest BCUT2D eigenvalue weighted by Gasteiger charge is -2.34. The average Bonchev–Trinajstić information content (AvgIpc) is 2.55. The van der Waals surface area contributed by atoms with Gasteiger partial charge in [0.2, 0.25) is 10.0 Å². The average molecular weight is 335 g/mol. The van der Waals surface area contributed by atoms with Crippen LogP contribution < -0.4 is 0 Å². The van der Waals surface area contributed by atoms with Crippen molar-refractivity contribution in [3.8, 4) is 6.07 Å². The van der Waals surface area contributed by atoms with E-state index in [2.05, 4.69) is 24.8 Å². The molecule has 1 heterocycles.